The highest BCUT2D eigenvalue weighted by Gasteiger charge is 2.00. The van der Waals surface area contributed by atoms with Gasteiger partial charge in [0.25, 0.3) is 0 Å². The lowest BCUT2D eigenvalue weighted by Crippen LogP contribution is -2.08. The Kier molecular flexibility index (Phi) is 5.05. The van der Waals surface area contributed by atoms with Crippen LogP contribution in [0.25, 0.3) is 0 Å². The van der Waals surface area contributed by atoms with Crippen molar-refractivity contribution in [2.24, 2.45) is 0 Å². The van der Waals surface area contributed by atoms with Crippen LogP contribution in [0.4, 0.5) is 5.82 Å². The van der Waals surface area contributed by atoms with Crippen molar-refractivity contribution in [3.05, 3.63) is 23.4 Å². The standard InChI is InChI=1S/C10H14Cl2N2/c1-2-8(11)5-6-13-10-4-3-9(12)7-14-10/h3-4,7-8H,2,5-6H2,1H3,(H,13,14). The van der Waals surface area contributed by atoms with Gasteiger partial charge in [0.2, 0.25) is 0 Å². The van der Waals surface area contributed by atoms with Gasteiger partial charge in [-0.1, -0.05) is 18.5 Å². The molecule has 1 N–H and O–H groups in total. The molecule has 1 aromatic rings. The van der Waals surface area contributed by atoms with E-state index in [-0.39, 0.29) is 5.38 Å². The third kappa shape index (κ3) is 4.16. The van der Waals surface area contributed by atoms with Crippen LogP contribution in [-0.4, -0.2) is 16.9 Å². The lowest BCUT2D eigenvalue weighted by Gasteiger charge is -2.07. The van der Waals surface area contributed by atoms with Crippen molar-refractivity contribution in [1.82, 2.24) is 4.98 Å². The second-order valence-electron chi connectivity index (χ2n) is 3.08. The molecule has 0 aliphatic carbocycles. The van der Waals surface area contributed by atoms with Crippen molar-refractivity contribution in [2.45, 2.75) is 25.1 Å². The van der Waals surface area contributed by atoms with Gasteiger partial charge < -0.3 is 5.32 Å². The number of alkyl halides is 1. The normalized spacial score (nSPS) is 12.5. The summed E-state index contributed by atoms with van der Waals surface area (Å²) in [5.74, 6) is 0.842. The number of rotatable bonds is 5. The molecule has 0 spiro atoms. The van der Waals surface area contributed by atoms with Gasteiger partial charge in [0.1, 0.15) is 5.82 Å². The summed E-state index contributed by atoms with van der Waals surface area (Å²) in [5, 5.41) is 4.08. The Morgan fingerprint density at radius 1 is 1.50 bits per heavy atom. The number of aromatic nitrogens is 1. The highest BCUT2D eigenvalue weighted by Crippen LogP contribution is 2.10. The van der Waals surface area contributed by atoms with Crippen LogP contribution >= 0.6 is 23.2 Å². The van der Waals surface area contributed by atoms with Gasteiger partial charge in [-0.15, -0.1) is 11.6 Å². The maximum atomic E-state index is 5.98. The molecule has 4 heteroatoms. The average molecular weight is 233 g/mol. The van der Waals surface area contributed by atoms with E-state index in [0.717, 1.165) is 25.2 Å². The zero-order valence-electron chi connectivity index (χ0n) is 8.13. The van der Waals surface area contributed by atoms with Crippen molar-refractivity contribution in [2.75, 3.05) is 11.9 Å². The molecule has 1 heterocycles. The van der Waals surface area contributed by atoms with E-state index in [9.17, 15) is 0 Å². The maximum absolute atomic E-state index is 5.98. The molecule has 14 heavy (non-hydrogen) atoms. The Hall–Kier alpha value is -0.470. The predicted molar refractivity (Wildman–Crippen MR) is 62.3 cm³/mol. The Bertz CT molecular complexity index is 261. The van der Waals surface area contributed by atoms with Crippen molar-refractivity contribution < 1.29 is 0 Å². The zero-order valence-corrected chi connectivity index (χ0v) is 9.65. The van der Waals surface area contributed by atoms with Crippen LogP contribution in [0.1, 0.15) is 19.8 Å². The quantitative estimate of drug-likeness (QED) is 0.786. The molecule has 0 aliphatic heterocycles. The van der Waals surface area contributed by atoms with E-state index in [4.69, 9.17) is 23.2 Å². The van der Waals surface area contributed by atoms with Crippen LogP contribution < -0.4 is 5.32 Å². The molecular weight excluding hydrogens is 219 g/mol. The van der Waals surface area contributed by atoms with Gasteiger partial charge in [-0.2, -0.15) is 0 Å². The lowest BCUT2D eigenvalue weighted by molar-refractivity contribution is 0.752. The Morgan fingerprint density at radius 3 is 2.86 bits per heavy atom. The van der Waals surface area contributed by atoms with Crippen LogP contribution in [0, 0.1) is 0 Å². The van der Waals surface area contributed by atoms with Crippen LogP contribution in [0.2, 0.25) is 5.02 Å². The molecule has 0 aliphatic rings. The fourth-order valence-corrected chi connectivity index (χ4v) is 1.26. The number of hydrogen-bond acceptors (Lipinski definition) is 2. The average Bonchev–Trinajstić information content (AvgIpc) is 2.21. The molecule has 0 saturated heterocycles. The first kappa shape index (κ1) is 11.6. The number of nitrogens with zero attached hydrogens (tertiary/aromatic N) is 1. The van der Waals surface area contributed by atoms with E-state index < -0.39 is 0 Å². The van der Waals surface area contributed by atoms with E-state index in [1.54, 1.807) is 6.20 Å². The van der Waals surface area contributed by atoms with Gasteiger partial charge in [0.05, 0.1) is 5.02 Å². The van der Waals surface area contributed by atoms with E-state index in [1.165, 1.54) is 0 Å². The third-order valence-electron chi connectivity index (χ3n) is 1.93. The third-order valence-corrected chi connectivity index (χ3v) is 2.68. The summed E-state index contributed by atoms with van der Waals surface area (Å²) in [5.41, 5.74) is 0. The molecule has 0 fully saturated rings. The van der Waals surface area contributed by atoms with Gasteiger partial charge in [0, 0.05) is 18.1 Å². The minimum absolute atomic E-state index is 0.245. The molecule has 0 saturated carbocycles. The highest BCUT2D eigenvalue weighted by molar-refractivity contribution is 6.30. The smallest absolute Gasteiger partial charge is 0.125 e. The summed E-state index contributed by atoms with van der Waals surface area (Å²) in [6.07, 6.45) is 3.57. The molecule has 1 aromatic heterocycles. The number of hydrogen-bond donors (Lipinski definition) is 1. The zero-order chi connectivity index (χ0) is 10.4. The first-order valence-corrected chi connectivity index (χ1v) is 5.53. The molecule has 78 valence electrons. The van der Waals surface area contributed by atoms with E-state index >= 15 is 0 Å². The summed E-state index contributed by atoms with van der Waals surface area (Å²) in [6.45, 7) is 2.93. The maximum Gasteiger partial charge on any atom is 0.125 e. The molecule has 1 atom stereocenters. The Balaban J connectivity index is 2.28. The fraction of sp³-hybridized carbons (Fsp3) is 0.500. The van der Waals surface area contributed by atoms with E-state index in [1.807, 2.05) is 12.1 Å². The molecule has 0 aromatic carbocycles. The molecular formula is C10H14Cl2N2. The van der Waals surface area contributed by atoms with Gasteiger partial charge in [-0.3, -0.25) is 0 Å². The van der Waals surface area contributed by atoms with Crippen molar-refractivity contribution in [3.8, 4) is 0 Å². The highest BCUT2D eigenvalue weighted by atomic mass is 35.5. The number of anilines is 1. The lowest BCUT2D eigenvalue weighted by atomic mass is 10.2. The van der Waals surface area contributed by atoms with Gasteiger partial charge in [0.15, 0.2) is 0 Å². The van der Waals surface area contributed by atoms with E-state index in [2.05, 4.69) is 17.2 Å². The number of nitrogens with one attached hydrogen (secondary N) is 1. The van der Waals surface area contributed by atoms with Gasteiger partial charge >= 0.3 is 0 Å². The first-order valence-electron chi connectivity index (χ1n) is 4.72. The van der Waals surface area contributed by atoms with Crippen LogP contribution in [0.5, 0.6) is 0 Å². The van der Waals surface area contributed by atoms with Crippen molar-refractivity contribution in [3.63, 3.8) is 0 Å². The van der Waals surface area contributed by atoms with Crippen LogP contribution in [0.3, 0.4) is 0 Å². The minimum atomic E-state index is 0.245. The molecule has 0 bridgehead atoms. The Morgan fingerprint density at radius 2 is 2.29 bits per heavy atom. The largest absolute Gasteiger partial charge is 0.370 e. The molecule has 0 radical (unpaired) electrons. The molecule has 1 unspecified atom stereocenters. The molecule has 2 nitrogen and oxygen atoms in total. The first-order chi connectivity index (χ1) is 6.72. The summed E-state index contributed by atoms with van der Waals surface area (Å²) >= 11 is 11.7. The monoisotopic (exact) mass is 232 g/mol. The second kappa shape index (κ2) is 6.10. The summed E-state index contributed by atoms with van der Waals surface area (Å²) in [7, 11) is 0. The minimum Gasteiger partial charge on any atom is -0.370 e. The summed E-state index contributed by atoms with van der Waals surface area (Å²) in [4.78, 5) is 4.11. The fourth-order valence-electron chi connectivity index (χ4n) is 1.04. The molecule has 1 rings (SSSR count). The number of halogens is 2. The van der Waals surface area contributed by atoms with E-state index in [0.29, 0.717) is 5.02 Å². The van der Waals surface area contributed by atoms with Crippen molar-refractivity contribution in [1.29, 1.82) is 0 Å². The summed E-state index contributed by atoms with van der Waals surface area (Å²) in [6, 6.07) is 3.67. The SMILES string of the molecule is CCC(Cl)CCNc1ccc(Cl)cn1. The van der Waals surface area contributed by atoms with Crippen LogP contribution in [-0.2, 0) is 0 Å². The predicted octanol–water partition coefficient (Wildman–Crippen LogP) is 3.55. The second-order valence-corrected chi connectivity index (χ2v) is 4.14. The van der Waals surface area contributed by atoms with Gasteiger partial charge in [-0.25, -0.2) is 4.98 Å². The number of pyridine rings is 1. The molecule has 0 amide bonds. The topological polar surface area (TPSA) is 24.9 Å². The van der Waals surface area contributed by atoms with Crippen molar-refractivity contribution >= 4 is 29.0 Å². The van der Waals surface area contributed by atoms with Gasteiger partial charge in [-0.05, 0) is 25.0 Å². The summed E-state index contributed by atoms with van der Waals surface area (Å²) < 4.78 is 0. The van der Waals surface area contributed by atoms with Crippen LogP contribution in [0.15, 0.2) is 18.3 Å². The Labute approximate surface area is 94.6 Å².